The first-order valence-corrected chi connectivity index (χ1v) is 12.3. The van der Waals surface area contributed by atoms with E-state index in [4.69, 9.17) is 4.98 Å². The molecule has 0 saturated carbocycles. The first-order chi connectivity index (χ1) is 17.0. The Morgan fingerprint density at radius 1 is 0.914 bits per heavy atom. The monoisotopic (exact) mass is 465 g/mol. The van der Waals surface area contributed by atoms with E-state index in [2.05, 4.69) is 38.2 Å². The van der Waals surface area contributed by atoms with E-state index in [1.165, 1.54) is 12.8 Å². The Labute approximate surface area is 202 Å². The van der Waals surface area contributed by atoms with Crippen LogP contribution < -0.4 is 11.0 Å². The maximum atomic E-state index is 13.5. The van der Waals surface area contributed by atoms with Crippen molar-refractivity contribution in [2.75, 3.05) is 0 Å². The van der Waals surface area contributed by atoms with Crippen LogP contribution in [0.4, 0.5) is 0 Å². The van der Waals surface area contributed by atoms with Crippen molar-refractivity contribution in [2.24, 2.45) is 14.1 Å². The third-order valence-corrected chi connectivity index (χ3v) is 7.83. The summed E-state index contributed by atoms with van der Waals surface area (Å²) >= 11 is 0. The van der Waals surface area contributed by atoms with Crippen molar-refractivity contribution in [3.63, 3.8) is 0 Å². The van der Waals surface area contributed by atoms with Crippen LogP contribution >= 0.6 is 0 Å². The standard InChI is InChI=1S/C27H27N7O/c1-32-15-18(13-30-32)23-7-4-17(12-28-23)16-3-8-24-22(9-16)26-25(14-29-24)33(2)27(35)34(26)21-10-19-5-6-20(11-21)31-19/h3-4,7-9,12-15,19-21,31H,5-6,10-11H2,1-2H3. The largest absolute Gasteiger partial charge is 0.329 e. The first-order valence-electron chi connectivity index (χ1n) is 12.3. The molecule has 4 aromatic heterocycles. The molecule has 2 aliphatic heterocycles. The number of nitrogens with zero attached hydrogens (tertiary/aromatic N) is 6. The van der Waals surface area contributed by atoms with Crippen molar-refractivity contribution in [3.8, 4) is 22.4 Å². The number of rotatable bonds is 3. The van der Waals surface area contributed by atoms with E-state index in [0.717, 1.165) is 57.2 Å². The number of piperidine rings is 1. The van der Waals surface area contributed by atoms with E-state index >= 15 is 0 Å². The number of imidazole rings is 1. The summed E-state index contributed by atoms with van der Waals surface area (Å²) in [4.78, 5) is 22.8. The van der Waals surface area contributed by atoms with Crippen LogP contribution in [-0.4, -0.2) is 41.0 Å². The second-order valence-electron chi connectivity index (χ2n) is 10.0. The number of hydrogen-bond donors (Lipinski definition) is 1. The summed E-state index contributed by atoms with van der Waals surface area (Å²) in [6, 6.07) is 11.6. The molecule has 1 N–H and O–H groups in total. The predicted octanol–water partition coefficient (Wildman–Crippen LogP) is 3.81. The Bertz CT molecular complexity index is 1630. The topological polar surface area (TPSA) is 82.6 Å². The van der Waals surface area contributed by atoms with E-state index in [-0.39, 0.29) is 11.7 Å². The zero-order valence-electron chi connectivity index (χ0n) is 19.8. The molecule has 2 fully saturated rings. The molecule has 2 unspecified atom stereocenters. The molecule has 2 atom stereocenters. The first kappa shape index (κ1) is 20.6. The molecule has 8 nitrogen and oxygen atoms in total. The molecule has 176 valence electrons. The molecule has 2 aliphatic rings. The van der Waals surface area contributed by atoms with Crippen LogP contribution in [0.25, 0.3) is 44.3 Å². The van der Waals surface area contributed by atoms with Gasteiger partial charge in [0.15, 0.2) is 0 Å². The van der Waals surface area contributed by atoms with Crippen molar-refractivity contribution in [2.45, 2.75) is 43.8 Å². The molecule has 8 heteroatoms. The van der Waals surface area contributed by atoms with Crippen molar-refractivity contribution in [3.05, 3.63) is 65.6 Å². The number of benzene rings is 1. The van der Waals surface area contributed by atoms with Gasteiger partial charge in [-0.05, 0) is 49.4 Å². The number of fused-ring (bicyclic) bond motifs is 5. The summed E-state index contributed by atoms with van der Waals surface area (Å²) in [6.45, 7) is 0. The van der Waals surface area contributed by atoms with Gasteiger partial charge in [0.1, 0.15) is 0 Å². The van der Waals surface area contributed by atoms with E-state index in [9.17, 15) is 4.79 Å². The van der Waals surface area contributed by atoms with Gasteiger partial charge in [0.25, 0.3) is 0 Å². The van der Waals surface area contributed by atoms with E-state index < -0.39 is 0 Å². The Kier molecular flexibility index (Phi) is 4.48. The molecule has 5 aromatic rings. The third kappa shape index (κ3) is 3.24. The van der Waals surface area contributed by atoms with Crippen LogP contribution in [0.1, 0.15) is 31.7 Å². The minimum Gasteiger partial charge on any atom is -0.311 e. The van der Waals surface area contributed by atoms with Gasteiger partial charge in [0.05, 0.1) is 34.6 Å². The fourth-order valence-electron chi connectivity index (χ4n) is 6.07. The average Bonchev–Trinajstić information content (AvgIpc) is 3.54. The highest BCUT2D eigenvalue weighted by molar-refractivity contribution is 6.04. The van der Waals surface area contributed by atoms with Gasteiger partial charge < -0.3 is 5.32 Å². The highest BCUT2D eigenvalue weighted by Crippen LogP contribution is 2.37. The lowest BCUT2D eigenvalue weighted by molar-refractivity contribution is 0.298. The van der Waals surface area contributed by atoms with Gasteiger partial charge in [-0.15, -0.1) is 0 Å². The van der Waals surface area contributed by atoms with Crippen LogP contribution in [0.2, 0.25) is 0 Å². The molecule has 6 heterocycles. The third-order valence-electron chi connectivity index (χ3n) is 7.83. The molecular weight excluding hydrogens is 438 g/mol. The molecule has 0 spiro atoms. The summed E-state index contributed by atoms with van der Waals surface area (Å²) in [5.74, 6) is 0. The van der Waals surface area contributed by atoms with E-state index in [0.29, 0.717) is 12.1 Å². The quantitative estimate of drug-likeness (QED) is 0.438. The zero-order valence-corrected chi connectivity index (χ0v) is 19.8. The minimum atomic E-state index is 0.0495. The molecule has 35 heavy (non-hydrogen) atoms. The SMILES string of the molecule is Cn1cc(-c2ccc(-c3ccc4ncc5c(c4c3)n(C3CC4CCC(C3)N4)c(=O)n5C)cn2)cn1. The second kappa shape index (κ2) is 7.61. The molecule has 2 saturated heterocycles. The number of nitrogens with one attached hydrogen (secondary N) is 1. The Morgan fingerprint density at radius 2 is 1.71 bits per heavy atom. The van der Waals surface area contributed by atoms with Crippen LogP contribution in [0.15, 0.2) is 59.9 Å². The van der Waals surface area contributed by atoms with Crippen LogP contribution in [0.3, 0.4) is 0 Å². The summed E-state index contributed by atoms with van der Waals surface area (Å²) in [7, 11) is 3.76. The molecule has 0 aliphatic carbocycles. The predicted molar refractivity (Wildman–Crippen MR) is 136 cm³/mol. The summed E-state index contributed by atoms with van der Waals surface area (Å²) in [5, 5.41) is 8.96. The molecule has 2 bridgehead atoms. The lowest BCUT2D eigenvalue weighted by atomic mass is 9.99. The van der Waals surface area contributed by atoms with Gasteiger partial charge in [-0.3, -0.25) is 23.8 Å². The zero-order chi connectivity index (χ0) is 23.7. The maximum Gasteiger partial charge on any atom is 0.329 e. The van der Waals surface area contributed by atoms with Gasteiger partial charge in [0, 0.05) is 61.1 Å². The lowest BCUT2D eigenvalue weighted by Gasteiger charge is -2.30. The normalized spacial score (nSPS) is 21.8. The molecule has 7 rings (SSSR count). The Morgan fingerprint density at radius 3 is 2.43 bits per heavy atom. The second-order valence-corrected chi connectivity index (χ2v) is 10.0. The number of pyridine rings is 2. The highest BCUT2D eigenvalue weighted by Gasteiger charge is 2.36. The van der Waals surface area contributed by atoms with E-state index in [1.54, 1.807) is 9.25 Å². The summed E-state index contributed by atoms with van der Waals surface area (Å²) in [6.07, 6.45) is 11.9. The maximum absolute atomic E-state index is 13.5. The van der Waals surface area contributed by atoms with Crippen molar-refractivity contribution in [1.82, 2.24) is 34.2 Å². The average molecular weight is 466 g/mol. The van der Waals surface area contributed by atoms with Crippen molar-refractivity contribution >= 4 is 21.9 Å². The smallest absolute Gasteiger partial charge is 0.311 e. The van der Waals surface area contributed by atoms with Crippen LogP contribution in [-0.2, 0) is 14.1 Å². The molecule has 0 radical (unpaired) electrons. The van der Waals surface area contributed by atoms with Crippen molar-refractivity contribution in [1.29, 1.82) is 0 Å². The number of aromatic nitrogens is 6. The van der Waals surface area contributed by atoms with Gasteiger partial charge in [-0.2, -0.15) is 5.10 Å². The summed E-state index contributed by atoms with van der Waals surface area (Å²) in [5.41, 5.74) is 6.81. The number of aryl methyl sites for hydroxylation is 2. The fourth-order valence-corrected chi connectivity index (χ4v) is 6.07. The number of hydrogen-bond acceptors (Lipinski definition) is 5. The fraction of sp³-hybridized carbons (Fsp3) is 0.333. The minimum absolute atomic E-state index is 0.0495. The van der Waals surface area contributed by atoms with Gasteiger partial charge in [-0.1, -0.05) is 12.1 Å². The highest BCUT2D eigenvalue weighted by atomic mass is 16.1. The van der Waals surface area contributed by atoms with E-state index in [1.807, 2.05) is 51.0 Å². The van der Waals surface area contributed by atoms with Crippen molar-refractivity contribution < 1.29 is 0 Å². The van der Waals surface area contributed by atoms with Crippen LogP contribution in [0.5, 0.6) is 0 Å². The van der Waals surface area contributed by atoms with Gasteiger partial charge >= 0.3 is 5.69 Å². The molecule has 0 amide bonds. The van der Waals surface area contributed by atoms with Crippen LogP contribution in [0, 0.1) is 0 Å². The van der Waals surface area contributed by atoms with Gasteiger partial charge in [-0.25, -0.2) is 4.79 Å². The molecular formula is C27H27N7O. The Hall–Kier alpha value is -3.78. The summed E-state index contributed by atoms with van der Waals surface area (Å²) < 4.78 is 5.58. The lowest BCUT2D eigenvalue weighted by Crippen LogP contribution is -2.41. The Balaban J connectivity index is 1.37. The van der Waals surface area contributed by atoms with Gasteiger partial charge in [0.2, 0.25) is 0 Å². The molecule has 1 aromatic carbocycles.